The molecule has 0 aliphatic heterocycles. The molecule has 0 fully saturated rings. The van der Waals surface area contributed by atoms with Crippen LogP contribution >= 0.6 is 15.9 Å². The summed E-state index contributed by atoms with van der Waals surface area (Å²) in [5.41, 5.74) is 3.14. The van der Waals surface area contributed by atoms with E-state index in [2.05, 4.69) is 32.6 Å². The summed E-state index contributed by atoms with van der Waals surface area (Å²) >= 11 is 3.48. The molecule has 0 heterocycles. The molecule has 0 atom stereocenters. The van der Waals surface area contributed by atoms with Gasteiger partial charge in [-0.1, -0.05) is 34.1 Å². The van der Waals surface area contributed by atoms with Gasteiger partial charge in [0, 0.05) is 23.1 Å². The second-order valence-electron chi connectivity index (χ2n) is 4.85. The summed E-state index contributed by atoms with van der Waals surface area (Å²) in [5.74, 6) is -0.124. The number of nitriles is 1. The molecule has 0 saturated carbocycles. The monoisotopic (exact) mass is 357 g/mol. The number of nitrogens with one attached hydrogen (secondary N) is 2. The van der Waals surface area contributed by atoms with Crippen molar-refractivity contribution in [3.05, 3.63) is 58.1 Å². The molecule has 2 aromatic rings. The number of nitrogens with zero attached hydrogens (tertiary/aromatic N) is 1. The number of amides is 1. The Balaban J connectivity index is 1.85. The minimum absolute atomic E-state index is 0.124. The third-order valence-corrected chi connectivity index (χ3v) is 4.03. The molecular formula is C17H16BrN3O. The third-order valence-electron chi connectivity index (χ3n) is 3.17. The van der Waals surface area contributed by atoms with Gasteiger partial charge in [-0.3, -0.25) is 4.79 Å². The first-order valence-electron chi connectivity index (χ1n) is 6.89. The van der Waals surface area contributed by atoms with Crippen molar-refractivity contribution in [3.63, 3.8) is 0 Å². The minimum atomic E-state index is -0.124. The van der Waals surface area contributed by atoms with Gasteiger partial charge >= 0.3 is 0 Å². The van der Waals surface area contributed by atoms with Gasteiger partial charge in [-0.15, -0.1) is 0 Å². The molecule has 0 aliphatic carbocycles. The van der Waals surface area contributed by atoms with Crippen LogP contribution < -0.4 is 10.6 Å². The highest BCUT2D eigenvalue weighted by molar-refractivity contribution is 9.10. The Labute approximate surface area is 138 Å². The van der Waals surface area contributed by atoms with Crippen molar-refractivity contribution >= 4 is 33.2 Å². The fourth-order valence-electron chi connectivity index (χ4n) is 1.93. The van der Waals surface area contributed by atoms with Crippen LogP contribution in [0.2, 0.25) is 0 Å². The van der Waals surface area contributed by atoms with Crippen LogP contribution in [0, 0.1) is 18.3 Å². The summed E-state index contributed by atoms with van der Waals surface area (Å²) in [6, 6.07) is 15.0. The average Bonchev–Trinajstić information content (AvgIpc) is 2.51. The maximum absolute atomic E-state index is 11.9. The largest absolute Gasteiger partial charge is 0.384 e. The molecule has 0 saturated heterocycles. The molecule has 5 heteroatoms. The maximum Gasteiger partial charge on any atom is 0.226 e. The summed E-state index contributed by atoms with van der Waals surface area (Å²) in [6.07, 6.45) is 0.325. The summed E-state index contributed by atoms with van der Waals surface area (Å²) in [6.45, 7) is 2.55. The van der Waals surface area contributed by atoms with E-state index < -0.39 is 0 Å². The van der Waals surface area contributed by atoms with Crippen LogP contribution in [0.25, 0.3) is 0 Å². The number of halogens is 1. The van der Waals surface area contributed by atoms with E-state index >= 15 is 0 Å². The van der Waals surface area contributed by atoms with Gasteiger partial charge in [-0.25, -0.2) is 0 Å². The number of para-hydroxylation sites is 1. The summed E-state index contributed by atoms with van der Waals surface area (Å²) in [4.78, 5) is 11.9. The molecule has 2 aromatic carbocycles. The van der Waals surface area contributed by atoms with Gasteiger partial charge in [-0.05, 0) is 36.8 Å². The van der Waals surface area contributed by atoms with E-state index in [1.54, 1.807) is 24.3 Å². The van der Waals surface area contributed by atoms with Gasteiger partial charge in [0.05, 0.1) is 11.3 Å². The standard InChI is InChI=1S/C17H16BrN3O/c1-12-6-7-14(10-15(12)18)20-9-8-17(22)21-16-5-3-2-4-13(16)11-19/h2-7,10,20H,8-9H2,1H3,(H,21,22). The normalized spacial score (nSPS) is 9.86. The Hall–Kier alpha value is -2.32. The number of aryl methyl sites for hydroxylation is 1. The van der Waals surface area contributed by atoms with Crippen LogP contribution in [0.1, 0.15) is 17.5 Å². The zero-order valence-corrected chi connectivity index (χ0v) is 13.8. The van der Waals surface area contributed by atoms with Gasteiger partial charge in [0.15, 0.2) is 0 Å². The second kappa shape index (κ2) is 7.62. The lowest BCUT2D eigenvalue weighted by atomic mass is 10.2. The molecule has 2 N–H and O–H groups in total. The van der Waals surface area contributed by atoms with Crippen molar-refractivity contribution in [1.29, 1.82) is 5.26 Å². The molecule has 0 aromatic heterocycles. The van der Waals surface area contributed by atoms with Crippen LogP contribution in [0.15, 0.2) is 46.9 Å². The Kier molecular flexibility index (Phi) is 5.56. The molecule has 0 spiro atoms. The fraction of sp³-hybridized carbons (Fsp3) is 0.176. The van der Waals surface area contributed by atoms with E-state index in [1.807, 2.05) is 25.1 Å². The van der Waals surface area contributed by atoms with Crippen LogP contribution in [0.5, 0.6) is 0 Å². The molecule has 22 heavy (non-hydrogen) atoms. The highest BCUT2D eigenvalue weighted by Crippen LogP contribution is 2.20. The van der Waals surface area contributed by atoms with Gasteiger partial charge in [0.1, 0.15) is 6.07 Å². The number of benzene rings is 2. The average molecular weight is 358 g/mol. The Morgan fingerprint density at radius 2 is 2.05 bits per heavy atom. The zero-order valence-electron chi connectivity index (χ0n) is 12.2. The molecule has 2 rings (SSSR count). The predicted octanol–water partition coefficient (Wildman–Crippen LogP) is 4.07. The lowest BCUT2D eigenvalue weighted by Gasteiger charge is -2.09. The minimum Gasteiger partial charge on any atom is -0.384 e. The topological polar surface area (TPSA) is 64.9 Å². The van der Waals surface area contributed by atoms with E-state index in [9.17, 15) is 4.79 Å². The molecule has 0 radical (unpaired) electrons. The molecular weight excluding hydrogens is 342 g/mol. The van der Waals surface area contributed by atoms with E-state index in [0.717, 1.165) is 15.7 Å². The summed E-state index contributed by atoms with van der Waals surface area (Å²) < 4.78 is 1.03. The van der Waals surface area contributed by atoms with Gasteiger partial charge in [0.25, 0.3) is 0 Å². The van der Waals surface area contributed by atoms with Gasteiger partial charge in [0.2, 0.25) is 5.91 Å². The predicted molar refractivity (Wildman–Crippen MR) is 91.8 cm³/mol. The van der Waals surface area contributed by atoms with Gasteiger partial charge < -0.3 is 10.6 Å². The zero-order chi connectivity index (χ0) is 15.9. The third kappa shape index (κ3) is 4.34. The SMILES string of the molecule is Cc1ccc(NCCC(=O)Nc2ccccc2C#N)cc1Br. The molecule has 4 nitrogen and oxygen atoms in total. The smallest absolute Gasteiger partial charge is 0.226 e. The number of hydrogen-bond acceptors (Lipinski definition) is 3. The van der Waals surface area contributed by atoms with E-state index in [0.29, 0.717) is 24.2 Å². The highest BCUT2D eigenvalue weighted by atomic mass is 79.9. The molecule has 0 aliphatic rings. The number of hydrogen-bond donors (Lipinski definition) is 2. The quantitative estimate of drug-likeness (QED) is 0.847. The highest BCUT2D eigenvalue weighted by Gasteiger charge is 2.06. The molecule has 0 bridgehead atoms. The Morgan fingerprint density at radius 1 is 1.27 bits per heavy atom. The number of rotatable bonds is 5. The van der Waals surface area contributed by atoms with Crippen molar-refractivity contribution in [1.82, 2.24) is 0 Å². The maximum atomic E-state index is 11.9. The van der Waals surface area contributed by atoms with Crippen LogP contribution in [-0.2, 0) is 4.79 Å². The number of carbonyl (C=O) groups is 1. The van der Waals surface area contributed by atoms with Crippen LogP contribution in [0.3, 0.4) is 0 Å². The van der Waals surface area contributed by atoms with Gasteiger partial charge in [-0.2, -0.15) is 5.26 Å². The van der Waals surface area contributed by atoms with Crippen LogP contribution in [0.4, 0.5) is 11.4 Å². The van der Waals surface area contributed by atoms with Crippen molar-refractivity contribution < 1.29 is 4.79 Å². The molecule has 0 unspecified atom stereocenters. The lowest BCUT2D eigenvalue weighted by Crippen LogP contribution is -2.16. The van der Waals surface area contributed by atoms with Crippen molar-refractivity contribution in [2.45, 2.75) is 13.3 Å². The second-order valence-corrected chi connectivity index (χ2v) is 5.70. The summed E-state index contributed by atoms with van der Waals surface area (Å²) in [5, 5.41) is 14.9. The summed E-state index contributed by atoms with van der Waals surface area (Å²) in [7, 11) is 0. The Morgan fingerprint density at radius 3 is 2.77 bits per heavy atom. The Bertz CT molecular complexity index is 722. The van der Waals surface area contributed by atoms with Crippen molar-refractivity contribution in [2.75, 3.05) is 17.2 Å². The van der Waals surface area contributed by atoms with Crippen molar-refractivity contribution in [2.24, 2.45) is 0 Å². The molecule has 1 amide bonds. The number of anilines is 2. The van der Waals surface area contributed by atoms with E-state index in [4.69, 9.17) is 5.26 Å². The van der Waals surface area contributed by atoms with Crippen molar-refractivity contribution in [3.8, 4) is 6.07 Å². The lowest BCUT2D eigenvalue weighted by molar-refractivity contribution is -0.115. The fourth-order valence-corrected chi connectivity index (χ4v) is 2.30. The molecule has 112 valence electrons. The van der Waals surface area contributed by atoms with Crippen LogP contribution in [-0.4, -0.2) is 12.5 Å². The van der Waals surface area contributed by atoms with E-state index in [1.165, 1.54) is 0 Å². The van der Waals surface area contributed by atoms with E-state index in [-0.39, 0.29) is 5.91 Å². The number of carbonyl (C=O) groups excluding carboxylic acids is 1. The first kappa shape index (κ1) is 16.1. The first-order valence-corrected chi connectivity index (χ1v) is 7.68. The first-order chi connectivity index (χ1) is 10.6.